The minimum atomic E-state index is -0.236. The average molecular weight is 284 g/mol. The topological polar surface area (TPSA) is 12.0 Å². The summed E-state index contributed by atoms with van der Waals surface area (Å²) in [7, 11) is 0. The van der Waals surface area contributed by atoms with Gasteiger partial charge in [0.15, 0.2) is 0 Å². The van der Waals surface area contributed by atoms with Gasteiger partial charge in [0.25, 0.3) is 0 Å². The molecule has 2 rings (SSSR count). The van der Waals surface area contributed by atoms with Crippen molar-refractivity contribution < 1.29 is 4.39 Å². The lowest BCUT2D eigenvalue weighted by Gasteiger charge is -2.17. The van der Waals surface area contributed by atoms with E-state index in [2.05, 4.69) is 23.7 Å². The third-order valence-corrected chi connectivity index (χ3v) is 3.77. The van der Waals surface area contributed by atoms with Gasteiger partial charge in [0, 0.05) is 11.1 Å². The summed E-state index contributed by atoms with van der Waals surface area (Å²) in [5.41, 5.74) is 1.90. The van der Waals surface area contributed by atoms with E-state index in [4.69, 9.17) is 11.6 Å². The second kappa shape index (κ2) is 6.32. The molecule has 0 saturated heterocycles. The third kappa shape index (κ3) is 3.31. The van der Waals surface area contributed by atoms with Crippen molar-refractivity contribution in [3.05, 3.63) is 57.0 Å². The van der Waals surface area contributed by atoms with Gasteiger partial charge in [0.2, 0.25) is 0 Å². The average Bonchev–Trinajstić information content (AvgIpc) is 2.85. The van der Waals surface area contributed by atoms with Crippen molar-refractivity contribution in [2.24, 2.45) is 0 Å². The van der Waals surface area contributed by atoms with E-state index in [9.17, 15) is 4.39 Å². The van der Waals surface area contributed by atoms with E-state index in [1.165, 1.54) is 11.6 Å². The van der Waals surface area contributed by atoms with Gasteiger partial charge in [-0.1, -0.05) is 24.6 Å². The van der Waals surface area contributed by atoms with Crippen LogP contribution in [0, 0.1) is 5.82 Å². The maximum atomic E-state index is 13.8. The number of nitrogens with one attached hydrogen (secondary N) is 1. The van der Waals surface area contributed by atoms with Gasteiger partial charge in [-0.25, -0.2) is 4.39 Å². The number of hydrogen-bond donors (Lipinski definition) is 1. The molecular weight excluding hydrogens is 269 g/mol. The molecule has 1 N–H and O–H groups in total. The number of benzene rings is 1. The number of thiophene rings is 1. The fourth-order valence-electron chi connectivity index (χ4n) is 1.93. The Morgan fingerprint density at radius 2 is 2.22 bits per heavy atom. The lowest BCUT2D eigenvalue weighted by molar-refractivity contribution is 0.529. The largest absolute Gasteiger partial charge is 0.310 e. The summed E-state index contributed by atoms with van der Waals surface area (Å²) in [4.78, 5) is 0. The Kier molecular flexibility index (Phi) is 4.75. The summed E-state index contributed by atoms with van der Waals surface area (Å²) >= 11 is 7.42. The van der Waals surface area contributed by atoms with Crippen LogP contribution in [0.1, 0.15) is 24.1 Å². The van der Waals surface area contributed by atoms with Crippen LogP contribution in [0.2, 0.25) is 5.02 Å². The monoisotopic (exact) mass is 283 g/mol. The highest BCUT2D eigenvalue weighted by molar-refractivity contribution is 7.07. The first-order valence-corrected chi connectivity index (χ1v) is 7.22. The zero-order valence-corrected chi connectivity index (χ0v) is 11.7. The van der Waals surface area contributed by atoms with Gasteiger partial charge in [0.1, 0.15) is 5.82 Å². The minimum absolute atomic E-state index is 0.150. The van der Waals surface area contributed by atoms with Gasteiger partial charge in [0.05, 0.1) is 0 Å². The molecule has 2 aromatic rings. The predicted octanol–water partition coefficient (Wildman–Crippen LogP) is 4.43. The minimum Gasteiger partial charge on any atom is -0.310 e. The van der Waals surface area contributed by atoms with E-state index in [0.29, 0.717) is 17.0 Å². The molecule has 0 aliphatic carbocycles. The number of rotatable bonds is 5. The maximum Gasteiger partial charge on any atom is 0.127 e. The summed E-state index contributed by atoms with van der Waals surface area (Å²) in [5.74, 6) is -0.236. The summed E-state index contributed by atoms with van der Waals surface area (Å²) in [5, 5.41) is 7.96. The van der Waals surface area contributed by atoms with Crippen molar-refractivity contribution in [2.75, 3.05) is 6.54 Å². The smallest absolute Gasteiger partial charge is 0.127 e. The molecule has 18 heavy (non-hydrogen) atoms. The maximum absolute atomic E-state index is 13.8. The van der Waals surface area contributed by atoms with Gasteiger partial charge in [-0.05, 0) is 53.1 Å². The van der Waals surface area contributed by atoms with E-state index < -0.39 is 0 Å². The lowest BCUT2D eigenvalue weighted by atomic mass is 10.0. The highest BCUT2D eigenvalue weighted by Gasteiger charge is 2.14. The summed E-state index contributed by atoms with van der Waals surface area (Å²) in [6.07, 6.45) is 0.633. The highest BCUT2D eigenvalue weighted by atomic mass is 35.5. The molecule has 0 saturated carbocycles. The van der Waals surface area contributed by atoms with Gasteiger partial charge < -0.3 is 5.32 Å². The van der Waals surface area contributed by atoms with Crippen LogP contribution in [0.15, 0.2) is 35.0 Å². The Morgan fingerprint density at radius 3 is 2.83 bits per heavy atom. The van der Waals surface area contributed by atoms with Crippen LogP contribution in [0.5, 0.6) is 0 Å². The van der Waals surface area contributed by atoms with Crippen molar-refractivity contribution in [1.82, 2.24) is 5.32 Å². The molecule has 0 amide bonds. The molecule has 0 fully saturated rings. The Labute approximate surface area is 116 Å². The van der Waals surface area contributed by atoms with E-state index in [0.717, 1.165) is 6.54 Å². The van der Waals surface area contributed by atoms with Crippen LogP contribution >= 0.6 is 22.9 Å². The summed E-state index contributed by atoms with van der Waals surface area (Å²) in [6, 6.07) is 7.08. The first-order valence-electron chi connectivity index (χ1n) is 5.90. The second-order valence-corrected chi connectivity index (χ2v) is 5.32. The highest BCUT2D eigenvalue weighted by Crippen LogP contribution is 2.23. The second-order valence-electron chi connectivity index (χ2n) is 4.11. The van der Waals surface area contributed by atoms with Gasteiger partial charge in [-0.3, -0.25) is 0 Å². The van der Waals surface area contributed by atoms with E-state index >= 15 is 0 Å². The molecule has 4 heteroatoms. The van der Waals surface area contributed by atoms with Gasteiger partial charge in [-0.2, -0.15) is 11.3 Å². The van der Waals surface area contributed by atoms with Crippen LogP contribution in [-0.4, -0.2) is 6.54 Å². The van der Waals surface area contributed by atoms with Crippen LogP contribution in [0.25, 0.3) is 0 Å². The normalized spacial score (nSPS) is 12.6. The van der Waals surface area contributed by atoms with Gasteiger partial charge >= 0.3 is 0 Å². The fraction of sp³-hybridized carbons (Fsp3) is 0.286. The first kappa shape index (κ1) is 13.5. The van der Waals surface area contributed by atoms with Crippen LogP contribution in [0.4, 0.5) is 4.39 Å². The molecule has 0 spiro atoms. The number of halogens is 2. The number of likely N-dealkylation sites (N-methyl/N-ethyl adjacent to an activating group) is 1. The Hall–Kier alpha value is -0.900. The first-order chi connectivity index (χ1) is 8.70. The van der Waals surface area contributed by atoms with Crippen molar-refractivity contribution >= 4 is 22.9 Å². The SMILES string of the molecule is CCNC(Cc1ccc(Cl)cc1F)c1ccsc1. The molecule has 1 nitrogen and oxygen atoms in total. The van der Waals surface area contributed by atoms with Crippen molar-refractivity contribution in [3.63, 3.8) is 0 Å². The van der Waals surface area contributed by atoms with Crippen LogP contribution < -0.4 is 5.32 Å². The molecule has 1 aromatic heterocycles. The molecule has 0 radical (unpaired) electrons. The quantitative estimate of drug-likeness (QED) is 0.856. The summed E-state index contributed by atoms with van der Waals surface area (Å²) in [6.45, 7) is 2.91. The lowest BCUT2D eigenvalue weighted by Crippen LogP contribution is -2.22. The van der Waals surface area contributed by atoms with Crippen LogP contribution in [0.3, 0.4) is 0 Å². The Morgan fingerprint density at radius 1 is 1.39 bits per heavy atom. The van der Waals surface area contributed by atoms with Crippen LogP contribution in [-0.2, 0) is 6.42 Å². The Balaban J connectivity index is 2.18. The van der Waals surface area contributed by atoms with E-state index in [1.807, 2.05) is 5.38 Å². The zero-order chi connectivity index (χ0) is 13.0. The van der Waals surface area contributed by atoms with Crippen molar-refractivity contribution in [1.29, 1.82) is 0 Å². The molecule has 0 bridgehead atoms. The summed E-state index contributed by atoms with van der Waals surface area (Å²) < 4.78 is 13.8. The molecule has 1 atom stereocenters. The molecule has 0 aliphatic rings. The molecule has 0 aliphatic heterocycles. The molecule has 1 unspecified atom stereocenters. The van der Waals surface area contributed by atoms with Crippen molar-refractivity contribution in [2.45, 2.75) is 19.4 Å². The fourth-order valence-corrected chi connectivity index (χ4v) is 2.81. The van der Waals surface area contributed by atoms with Crippen molar-refractivity contribution in [3.8, 4) is 0 Å². The Bertz CT molecular complexity index is 499. The molecule has 96 valence electrons. The standard InChI is InChI=1S/C14H15ClFNS/c1-2-17-14(11-5-6-18-9-11)7-10-3-4-12(15)8-13(10)16/h3-6,8-9,14,17H,2,7H2,1H3. The van der Waals surface area contributed by atoms with Gasteiger partial charge in [-0.15, -0.1) is 0 Å². The van der Waals surface area contributed by atoms with E-state index in [1.54, 1.807) is 23.5 Å². The molecular formula is C14H15ClFNS. The number of hydrogen-bond acceptors (Lipinski definition) is 2. The molecule has 1 heterocycles. The molecule has 1 aromatic carbocycles. The zero-order valence-electron chi connectivity index (χ0n) is 10.1. The van der Waals surface area contributed by atoms with E-state index in [-0.39, 0.29) is 11.9 Å². The predicted molar refractivity (Wildman–Crippen MR) is 75.9 cm³/mol. The third-order valence-electron chi connectivity index (χ3n) is 2.84.